The zero-order valence-electron chi connectivity index (χ0n) is 24.9. The highest BCUT2D eigenvalue weighted by Crippen LogP contribution is 2.45. The van der Waals surface area contributed by atoms with E-state index in [4.69, 9.17) is 14.6 Å². The fourth-order valence-electron chi connectivity index (χ4n) is 6.26. The Morgan fingerprint density at radius 2 is 1.79 bits per heavy atom. The third kappa shape index (κ3) is 6.23. The maximum Gasteiger partial charge on any atom is 0.174 e. The largest absolute Gasteiger partial charge is 0.593 e. The van der Waals surface area contributed by atoms with Crippen molar-refractivity contribution in [3.63, 3.8) is 0 Å². The average molecular weight is 593 g/mol. The van der Waals surface area contributed by atoms with E-state index in [1.54, 1.807) is 12.1 Å². The van der Waals surface area contributed by atoms with Crippen LogP contribution >= 0.6 is 0 Å². The van der Waals surface area contributed by atoms with E-state index in [9.17, 15) is 8.94 Å². The van der Waals surface area contributed by atoms with Gasteiger partial charge in [0.15, 0.2) is 4.90 Å². The quantitative estimate of drug-likeness (QED) is 0.271. The van der Waals surface area contributed by atoms with Crippen LogP contribution in [0.3, 0.4) is 0 Å². The Balaban J connectivity index is 1.24. The number of hydrogen-bond donors (Lipinski definition) is 0. The normalized spacial score (nSPS) is 22.4. The van der Waals surface area contributed by atoms with Gasteiger partial charge in [0.1, 0.15) is 5.82 Å². The van der Waals surface area contributed by atoms with Crippen molar-refractivity contribution in [1.82, 2.24) is 19.0 Å². The second-order valence-corrected chi connectivity index (χ2v) is 14.2. The number of benzene rings is 2. The van der Waals surface area contributed by atoms with Crippen molar-refractivity contribution >= 4 is 17.4 Å². The average Bonchev–Trinajstić information content (AvgIpc) is 3.40. The maximum absolute atomic E-state index is 13.9. The lowest BCUT2D eigenvalue weighted by Gasteiger charge is -2.45. The molecule has 2 aromatic carbocycles. The minimum atomic E-state index is -1.27. The lowest BCUT2D eigenvalue weighted by atomic mass is 9.69. The molecule has 2 unspecified atom stereocenters. The van der Waals surface area contributed by atoms with Crippen molar-refractivity contribution in [2.75, 3.05) is 59.2 Å². The first-order valence-electron chi connectivity index (χ1n) is 14.9. The summed E-state index contributed by atoms with van der Waals surface area (Å²) in [5.74, 6) is -0.264. The van der Waals surface area contributed by atoms with Crippen LogP contribution in [0.25, 0.3) is 11.8 Å². The van der Waals surface area contributed by atoms with E-state index in [1.165, 1.54) is 23.3 Å². The number of nitrogens with zero attached hydrogens (tertiary/aromatic N) is 4. The van der Waals surface area contributed by atoms with Crippen molar-refractivity contribution in [2.24, 2.45) is 5.41 Å². The highest BCUT2D eigenvalue weighted by atomic mass is 32.2. The number of hydrogen-bond acceptors (Lipinski definition) is 6. The zero-order valence-corrected chi connectivity index (χ0v) is 25.7. The number of ether oxygens (including phenoxy) is 2. The Morgan fingerprint density at radius 3 is 2.50 bits per heavy atom. The minimum absolute atomic E-state index is 0.0472. The van der Waals surface area contributed by atoms with Gasteiger partial charge in [0.25, 0.3) is 0 Å². The molecule has 2 fully saturated rings. The molecule has 2 atom stereocenters. The Bertz CT molecular complexity index is 1400. The van der Waals surface area contributed by atoms with E-state index < -0.39 is 11.4 Å². The topological polar surface area (TPSA) is 65.8 Å². The third-order valence-corrected chi connectivity index (χ3v) is 10.2. The Hall–Kier alpha value is -2.53. The van der Waals surface area contributed by atoms with Gasteiger partial charge in [-0.15, -0.1) is 4.31 Å². The second kappa shape index (κ2) is 12.2. The van der Waals surface area contributed by atoms with E-state index in [0.717, 1.165) is 67.5 Å². The molecule has 6 rings (SSSR count). The van der Waals surface area contributed by atoms with Crippen LogP contribution in [0.5, 0.6) is 0 Å². The number of fused-ring (bicyclic) bond motifs is 2. The number of aromatic nitrogens is 2. The van der Waals surface area contributed by atoms with Gasteiger partial charge in [-0.25, -0.2) is 9.07 Å². The molecular weight excluding hydrogens is 551 g/mol. The van der Waals surface area contributed by atoms with E-state index in [-0.39, 0.29) is 16.6 Å². The molecular formula is C33H41FN4O3S. The van der Waals surface area contributed by atoms with Crippen LogP contribution in [0.4, 0.5) is 4.39 Å². The molecule has 9 heteroatoms. The zero-order chi connectivity index (χ0) is 29.3. The molecule has 0 amide bonds. The molecule has 2 aliphatic heterocycles. The summed E-state index contributed by atoms with van der Waals surface area (Å²) < 4.78 is 43.4. The lowest BCUT2D eigenvalue weighted by molar-refractivity contribution is 0.00169. The van der Waals surface area contributed by atoms with Crippen LogP contribution in [0, 0.1) is 11.2 Å². The second-order valence-electron chi connectivity index (χ2n) is 12.7. The van der Waals surface area contributed by atoms with Crippen molar-refractivity contribution in [2.45, 2.75) is 43.9 Å². The van der Waals surface area contributed by atoms with Gasteiger partial charge in [-0.1, -0.05) is 38.5 Å². The van der Waals surface area contributed by atoms with Gasteiger partial charge in [0.05, 0.1) is 61.9 Å². The fraction of sp³-hybridized carbons (Fsp3) is 0.485. The summed E-state index contributed by atoms with van der Waals surface area (Å²) in [7, 11) is 0. The summed E-state index contributed by atoms with van der Waals surface area (Å²) in [6.07, 6.45) is 5.72. The first-order valence-corrected chi connectivity index (χ1v) is 16.0. The lowest BCUT2D eigenvalue weighted by Crippen LogP contribution is -2.51. The molecule has 0 bridgehead atoms. The SMILES string of the molecule is CC(C)(C)c1ccc([S+]([O-])N2CCC3=Cc4c(cnn4-c4ccc(F)cc4)CC3(COCCN3CCOCC3)C2)cc1. The molecule has 224 valence electrons. The monoisotopic (exact) mass is 592 g/mol. The van der Waals surface area contributed by atoms with E-state index in [2.05, 4.69) is 48.2 Å². The van der Waals surface area contributed by atoms with Crippen LogP contribution in [0.15, 0.2) is 65.2 Å². The first kappa shape index (κ1) is 29.5. The molecule has 3 aromatic rings. The summed E-state index contributed by atoms with van der Waals surface area (Å²) in [4.78, 5) is 3.21. The third-order valence-electron chi connectivity index (χ3n) is 8.78. The first-order chi connectivity index (χ1) is 20.2. The minimum Gasteiger partial charge on any atom is -0.593 e. The summed E-state index contributed by atoms with van der Waals surface area (Å²) in [6.45, 7) is 13.4. The van der Waals surface area contributed by atoms with Crippen LogP contribution in [-0.4, -0.2) is 82.7 Å². The molecule has 0 radical (unpaired) electrons. The standard InChI is InChI=1S/C33H41FN4O3S/c1-32(2,3)26-4-10-30(11-5-26)42(39)37-13-12-27-20-31-25(22-35-38(31)29-8-6-28(34)7-9-29)21-33(27,23-37)24-41-19-16-36-14-17-40-18-15-36/h4-11,20,22H,12-19,21,23-24H2,1-3H3. The molecule has 2 saturated heterocycles. The van der Waals surface area contributed by atoms with Crippen molar-refractivity contribution in [3.8, 4) is 5.69 Å². The highest BCUT2D eigenvalue weighted by molar-refractivity contribution is 7.89. The smallest absolute Gasteiger partial charge is 0.174 e. The summed E-state index contributed by atoms with van der Waals surface area (Å²) in [5.41, 5.74) is 5.28. The highest BCUT2D eigenvalue weighted by Gasteiger charge is 2.46. The molecule has 0 N–H and O–H groups in total. The van der Waals surface area contributed by atoms with Crippen LogP contribution in [0.2, 0.25) is 0 Å². The number of rotatable bonds is 8. The van der Waals surface area contributed by atoms with Gasteiger partial charge in [-0.05, 0) is 71.9 Å². The van der Waals surface area contributed by atoms with Gasteiger partial charge < -0.3 is 14.0 Å². The summed E-state index contributed by atoms with van der Waals surface area (Å²) >= 11 is -1.27. The number of morpholine rings is 1. The van der Waals surface area contributed by atoms with Crippen LogP contribution in [0.1, 0.15) is 44.0 Å². The molecule has 0 saturated carbocycles. The fourth-order valence-corrected chi connectivity index (χ4v) is 7.55. The Labute approximate surface area is 251 Å². The summed E-state index contributed by atoms with van der Waals surface area (Å²) in [5, 5.41) is 4.69. The Kier molecular flexibility index (Phi) is 8.60. The molecule has 1 aliphatic carbocycles. The van der Waals surface area contributed by atoms with Gasteiger partial charge in [-0.3, -0.25) is 4.90 Å². The number of halogens is 1. The van der Waals surface area contributed by atoms with Gasteiger partial charge in [-0.2, -0.15) is 5.10 Å². The van der Waals surface area contributed by atoms with Crippen molar-refractivity contribution in [1.29, 1.82) is 0 Å². The van der Waals surface area contributed by atoms with E-state index >= 15 is 0 Å². The molecule has 3 heterocycles. The van der Waals surface area contributed by atoms with Gasteiger partial charge in [0, 0.05) is 31.6 Å². The molecule has 42 heavy (non-hydrogen) atoms. The molecule has 1 aromatic heterocycles. The molecule has 7 nitrogen and oxygen atoms in total. The predicted octanol–water partition coefficient (Wildman–Crippen LogP) is 5.01. The maximum atomic E-state index is 13.9. The summed E-state index contributed by atoms with van der Waals surface area (Å²) in [6, 6.07) is 14.7. The van der Waals surface area contributed by atoms with Crippen LogP contribution < -0.4 is 0 Å². The Morgan fingerprint density at radius 1 is 1.05 bits per heavy atom. The predicted molar refractivity (Wildman–Crippen MR) is 163 cm³/mol. The van der Waals surface area contributed by atoms with E-state index in [1.807, 2.05) is 23.0 Å². The van der Waals surface area contributed by atoms with Gasteiger partial charge in [0.2, 0.25) is 0 Å². The van der Waals surface area contributed by atoms with E-state index in [0.29, 0.717) is 26.3 Å². The van der Waals surface area contributed by atoms with Gasteiger partial charge >= 0.3 is 0 Å². The van der Waals surface area contributed by atoms with Crippen molar-refractivity contribution in [3.05, 3.63) is 82.9 Å². The van der Waals surface area contributed by atoms with Crippen LogP contribution in [-0.2, 0) is 32.7 Å². The molecule has 3 aliphatic rings. The van der Waals surface area contributed by atoms with Crippen molar-refractivity contribution < 1.29 is 18.4 Å². The number of piperidine rings is 1. The molecule has 0 spiro atoms.